The van der Waals surface area contributed by atoms with E-state index in [1.807, 2.05) is 20.8 Å². The summed E-state index contributed by atoms with van der Waals surface area (Å²) in [6.45, 7) is 8.33. The number of nitrogens with two attached hydrogens (primary N) is 2. The van der Waals surface area contributed by atoms with Crippen molar-refractivity contribution in [2.45, 2.75) is 51.3 Å². The van der Waals surface area contributed by atoms with Crippen LogP contribution in [0.15, 0.2) is 0 Å². The third-order valence-corrected chi connectivity index (χ3v) is 3.59. The molecule has 2 rings (SSSR count). The molecule has 2 atom stereocenters. The first kappa shape index (κ1) is 20.8. The highest BCUT2D eigenvalue weighted by Gasteiger charge is 2.30. The van der Waals surface area contributed by atoms with Crippen LogP contribution in [0, 0.1) is 0 Å². The lowest BCUT2D eigenvalue weighted by molar-refractivity contribution is 0.0291. The molecule has 0 aromatic rings. The molecule has 2 aliphatic heterocycles. The minimum Gasteiger partial charge on any atom is -0.444 e. The molecule has 0 saturated carbocycles. The monoisotopic (exact) mass is 358 g/mol. The second kappa shape index (κ2) is 9.30. The number of ether oxygens (including phenoxy) is 1. The Morgan fingerprint density at radius 1 is 1.08 bits per heavy atom. The highest BCUT2D eigenvalue weighted by Crippen LogP contribution is 2.15. The molecule has 0 bridgehead atoms. The minimum atomic E-state index is -0.559. The zero-order valence-corrected chi connectivity index (χ0v) is 15.1. The van der Waals surface area contributed by atoms with Crippen molar-refractivity contribution >= 4 is 18.2 Å². The number of amides is 5. The first-order valence-electron chi connectivity index (χ1n) is 8.37. The SMILES string of the molecule is CC(C)(C)OC(=O)N1CC[C@@H](NC(N)=O)C1.NC(=O)N[C@@H]1CCNC1. The maximum Gasteiger partial charge on any atom is 0.410 e. The molecule has 0 aromatic heterocycles. The van der Waals surface area contributed by atoms with Crippen molar-refractivity contribution in [3.05, 3.63) is 0 Å². The third-order valence-electron chi connectivity index (χ3n) is 3.59. The van der Waals surface area contributed by atoms with E-state index in [1.54, 1.807) is 4.90 Å². The predicted octanol–water partition coefficient (Wildman–Crippen LogP) is -0.319. The van der Waals surface area contributed by atoms with Gasteiger partial charge in [-0.1, -0.05) is 0 Å². The molecule has 10 nitrogen and oxygen atoms in total. The van der Waals surface area contributed by atoms with Gasteiger partial charge in [-0.25, -0.2) is 14.4 Å². The van der Waals surface area contributed by atoms with E-state index in [4.69, 9.17) is 16.2 Å². The summed E-state index contributed by atoms with van der Waals surface area (Å²) >= 11 is 0. The molecule has 0 radical (unpaired) electrons. The van der Waals surface area contributed by atoms with Gasteiger partial charge in [0, 0.05) is 31.7 Å². The lowest BCUT2D eigenvalue weighted by atomic mass is 10.2. The number of nitrogens with one attached hydrogen (secondary N) is 3. The first-order valence-corrected chi connectivity index (χ1v) is 8.37. The number of likely N-dealkylation sites (tertiary alicyclic amines) is 1. The van der Waals surface area contributed by atoms with Gasteiger partial charge in [-0.2, -0.15) is 0 Å². The Kier molecular flexibility index (Phi) is 7.75. The molecule has 7 N–H and O–H groups in total. The highest BCUT2D eigenvalue weighted by molar-refractivity contribution is 5.73. The summed E-state index contributed by atoms with van der Waals surface area (Å²) in [5.41, 5.74) is 9.41. The number of carbonyl (C=O) groups excluding carboxylic acids is 3. The van der Waals surface area contributed by atoms with Crippen LogP contribution < -0.4 is 27.4 Å². The van der Waals surface area contributed by atoms with Gasteiger partial charge in [-0.15, -0.1) is 0 Å². The van der Waals surface area contributed by atoms with Crippen molar-refractivity contribution in [2.75, 3.05) is 26.2 Å². The molecular weight excluding hydrogens is 328 g/mol. The molecular formula is C15H30N6O4. The molecule has 2 aliphatic rings. The second-order valence-electron chi connectivity index (χ2n) is 7.12. The van der Waals surface area contributed by atoms with Crippen LogP contribution in [0.5, 0.6) is 0 Å². The van der Waals surface area contributed by atoms with Crippen molar-refractivity contribution in [1.82, 2.24) is 20.9 Å². The predicted molar refractivity (Wildman–Crippen MR) is 92.9 cm³/mol. The van der Waals surface area contributed by atoms with Gasteiger partial charge in [0.2, 0.25) is 0 Å². The average molecular weight is 358 g/mol. The molecule has 25 heavy (non-hydrogen) atoms. The topological polar surface area (TPSA) is 152 Å². The molecule has 144 valence electrons. The van der Waals surface area contributed by atoms with Crippen LogP contribution in [0.1, 0.15) is 33.6 Å². The minimum absolute atomic E-state index is 0.0648. The van der Waals surface area contributed by atoms with Crippen LogP contribution in [-0.4, -0.2) is 66.9 Å². The zero-order valence-electron chi connectivity index (χ0n) is 15.1. The summed E-state index contributed by atoms with van der Waals surface area (Å²) in [5, 5.41) is 8.30. The fraction of sp³-hybridized carbons (Fsp3) is 0.800. The number of rotatable bonds is 2. The van der Waals surface area contributed by atoms with Gasteiger partial charge in [0.15, 0.2) is 0 Å². The lowest BCUT2D eigenvalue weighted by Gasteiger charge is -2.24. The van der Waals surface area contributed by atoms with E-state index in [2.05, 4.69) is 16.0 Å². The summed E-state index contributed by atoms with van der Waals surface area (Å²) < 4.78 is 5.22. The molecule has 0 aromatic carbocycles. The maximum atomic E-state index is 11.7. The van der Waals surface area contributed by atoms with Crippen LogP contribution in [0.25, 0.3) is 0 Å². The van der Waals surface area contributed by atoms with Gasteiger partial charge in [-0.05, 0) is 40.2 Å². The fourth-order valence-corrected chi connectivity index (χ4v) is 2.55. The average Bonchev–Trinajstić information content (AvgIpc) is 3.07. The summed E-state index contributed by atoms with van der Waals surface area (Å²) in [5.74, 6) is 0. The van der Waals surface area contributed by atoms with Crippen molar-refractivity contribution in [3.8, 4) is 0 Å². The van der Waals surface area contributed by atoms with Gasteiger partial charge in [0.05, 0.1) is 0 Å². The van der Waals surface area contributed by atoms with E-state index in [1.165, 1.54) is 0 Å². The smallest absolute Gasteiger partial charge is 0.410 e. The van der Waals surface area contributed by atoms with Crippen LogP contribution >= 0.6 is 0 Å². The highest BCUT2D eigenvalue weighted by atomic mass is 16.6. The van der Waals surface area contributed by atoms with Crippen LogP contribution in [0.4, 0.5) is 14.4 Å². The summed E-state index contributed by atoms with van der Waals surface area (Å²) in [6.07, 6.45) is 1.35. The van der Waals surface area contributed by atoms with Crippen LogP contribution in [0.3, 0.4) is 0 Å². The lowest BCUT2D eigenvalue weighted by Crippen LogP contribution is -2.42. The van der Waals surface area contributed by atoms with E-state index >= 15 is 0 Å². The number of hydrogen-bond acceptors (Lipinski definition) is 5. The van der Waals surface area contributed by atoms with Gasteiger partial charge >= 0.3 is 18.2 Å². The molecule has 2 fully saturated rings. The van der Waals surface area contributed by atoms with E-state index in [0.29, 0.717) is 19.5 Å². The molecule has 5 amide bonds. The molecule has 2 heterocycles. The van der Waals surface area contributed by atoms with E-state index in [-0.39, 0.29) is 18.2 Å². The Balaban J connectivity index is 0.000000293. The summed E-state index contributed by atoms with van der Waals surface area (Å²) in [4.78, 5) is 34.1. The Morgan fingerprint density at radius 2 is 1.68 bits per heavy atom. The quantitative estimate of drug-likeness (QED) is 0.458. The molecule has 2 saturated heterocycles. The van der Waals surface area contributed by atoms with Gasteiger partial charge in [0.1, 0.15) is 5.60 Å². The Labute approximate surface area is 148 Å². The standard InChI is InChI=1S/C10H19N3O3.C5H11N3O/c1-10(2,3)16-9(15)13-5-4-7(6-13)12-8(11)14;6-5(9)8-4-1-2-7-3-4/h7H,4-6H2,1-3H3,(H3,11,12,14);4,7H,1-3H2,(H3,6,8,9)/t7-;4-/m11/s1. The molecule has 10 heteroatoms. The van der Waals surface area contributed by atoms with Crippen molar-refractivity contribution in [2.24, 2.45) is 11.5 Å². The summed E-state index contributed by atoms with van der Waals surface area (Å²) in [6, 6.07) is -0.799. The van der Waals surface area contributed by atoms with Crippen LogP contribution in [0.2, 0.25) is 0 Å². The van der Waals surface area contributed by atoms with Crippen molar-refractivity contribution in [1.29, 1.82) is 0 Å². The van der Waals surface area contributed by atoms with Crippen LogP contribution in [-0.2, 0) is 4.74 Å². The van der Waals surface area contributed by atoms with Gasteiger partial charge < -0.3 is 37.1 Å². The molecule has 0 aliphatic carbocycles. The normalized spacial score (nSPS) is 22.6. The van der Waals surface area contributed by atoms with Gasteiger partial charge in [0.25, 0.3) is 0 Å². The second-order valence-corrected chi connectivity index (χ2v) is 7.12. The van der Waals surface area contributed by atoms with Crippen molar-refractivity contribution < 1.29 is 19.1 Å². The Morgan fingerprint density at radius 3 is 2.16 bits per heavy atom. The fourth-order valence-electron chi connectivity index (χ4n) is 2.55. The van der Waals surface area contributed by atoms with Gasteiger partial charge in [-0.3, -0.25) is 0 Å². The number of primary amides is 2. The molecule has 0 unspecified atom stereocenters. The largest absolute Gasteiger partial charge is 0.444 e. The van der Waals surface area contributed by atoms with Crippen molar-refractivity contribution in [3.63, 3.8) is 0 Å². The summed E-state index contributed by atoms with van der Waals surface area (Å²) in [7, 11) is 0. The Hall–Kier alpha value is -2.23. The number of hydrogen-bond donors (Lipinski definition) is 5. The Bertz CT molecular complexity index is 473. The molecule has 0 spiro atoms. The van der Waals surface area contributed by atoms with E-state index < -0.39 is 17.7 Å². The number of nitrogens with zero attached hydrogens (tertiary/aromatic N) is 1. The first-order chi connectivity index (χ1) is 11.6. The number of urea groups is 2. The maximum absolute atomic E-state index is 11.7. The third kappa shape index (κ3) is 8.99. The zero-order chi connectivity index (χ0) is 19.0. The number of carbonyl (C=O) groups is 3. The van der Waals surface area contributed by atoms with E-state index in [0.717, 1.165) is 19.5 Å². The van der Waals surface area contributed by atoms with E-state index in [9.17, 15) is 14.4 Å².